The van der Waals surface area contributed by atoms with Gasteiger partial charge in [0.2, 0.25) is 0 Å². The zero-order valence-electron chi connectivity index (χ0n) is 24.3. The summed E-state index contributed by atoms with van der Waals surface area (Å²) in [6, 6.07) is 7.71. The Kier molecular flexibility index (Phi) is 8.93. The number of ether oxygens (including phenoxy) is 2. The van der Waals surface area contributed by atoms with Gasteiger partial charge in [-0.3, -0.25) is 9.59 Å². The second-order valence-electron chi connectivity index (χ2n) is 12.1. The maximum absolute atomic E-state index is 12.9. The van der Waals surface area contributed by atoms with Gasteiger partial charge in [-0.25, -0.2) is 4.98 Å². The van der Waals surface area contributed by atoms with Gasteiger partial charge in [0.15, 0.2) is 0 Å². The third kappa shape index (κ3) is 7.56. The lowest BCUT2D eigenvalue weighted by molar-refractivity contribution is -0.158. The molecule has 3 aromatic rings. The Morgan fingerprint density at radius 2 is 2.05 bits per heavy atom. The van der Waals surface area contributed by atoms with Crippen molar-refractivity contribution < 1.29 is 14.3 Å². The number of aromatic amines is 1. The van der Waals surface area contributed by atoms with Crippen LogP contribution in [0.4, 0.5) is 0 Å². The summed E-state index contributed by atoms with van der Waals surface area (Å²) in [5, 5.41) is 3.42. The van der Waals surface area contributed by atoms with Crippen LogP contribution in [0.3, 0.4) is 0 Å². The number of morpholine rings is 1. The average molecular weight is 538 g/mol. The molecule has 2 aromatic heterocycles. The highest BCUT2D eigenvalue weighted by atomic mass is 16.6. The number of fused-ring (bicyclic) bond motifs is 1. The summed E-state index contributed by atoms with van der Waals surface area (Å²) in [5.74, 6) is 0.907. The van der Waals surface area contributed by atoms with Crippen LogP contribution in [-0.2, 0) is 27.4 Å². The average Bonchev–Trinajstić information content (AvgIpc) is 3.19. The van der Waals surface area contributed by atoms with E-state index in [0.717, 1.165) is 41.1 Å². The Balaban J connectivity index is 1.63. The van der Waals surface area contributed by atoms with Crippen LogP contribution in [0.5, 0.6) is 0 Å². The minimum absolute atomic E-state index is 0.0377. The number of aromatic nitrogens is 3. The van der Waals surface area contributed by atoms with Crippen molar-refractivity contribution >= 4 is 17.0 Å². The monoisotopic (exact) mass is 537 g/mol. The van der Waals surface area contributed by atoms with Crippen molar-refractivity contribution in [3.8, 4) is 11.4 Å². The van der Waals surface area contributed by atoms with Gasteiger partial charge in [-0.2, -0.15) is 0 Å². The molecular weight excluding hydrogens is 494 g/mol. The largest absolute Gasteiger partial charge is 0.459 e. The number of nitrogens with zero attached hydrogens (tertiary/aromatic N) is 3. The first-order chi connectivity index (χ1) is 18.4. The van der Waals surface area contributed by atoms with Crippen molar-refractivity contribution in [3.05, 3.63) is 51.9 Å². The van der Waals surface area contributed by atoms with Gasteiger partial charge in [-0.15, -0.1) is 0 Å². The molecule has 0 amide bonds. The highest BCUT2D eigenvalue weighted by molar-refractivity contribution is 5.81. The van der Waals surface area contributed by atoms with E-state index in [1.807, 2.05) is 26.8 Å². The number of benzene rings is 1. The molecule has 0 bridgehead atoms. The van der Waals surface area contributed by atoms with Gasteiger partial charge >= 0.3 is 5.97 Å². The van der Waals surface area contributed by atoms with Crippen LogP contribution >= 0.6 is 0 Å². The Morgan fingerprint density at radius 1 is 1.28 bits per heavy atom. The van der Waals surface area contributed by atoms with Gasteiger partial charge in [0, 0.05) is 37.0 Å². The van der Waals surface area contributed by atoms with Gasteiger partial charge in [-0.05, 0) is 70.8 Å². The third-order valence-electron chi connectivity index (χ3n) is 6.84. The van der Waals surface area contributed by atoms with Crippen molar-refractivity contribution in [2.24, 2.45) is 5.92 Å². The van der Waals surface area contributed by atoms with Crippen LogP contribution in [0.2, 0.25) is 0 Å². The standard InChI is InChI=1S/C30H43N5O4/c1-19(2)12-25(29(37)39-30(4,5)6)31-15-21-8-9-26-24(14-21)33-27(22-13-20(3)28(36)32-16-22)35(26)18-23-17-34(7)10-11-38-23/h8-9,13-14,16,19,23,25,31H,10-12,15,17-18H2,1-7H3,(H,32,36). The van der Waals surface area contributed by atoms with Gasteiger partial charge < -0.3 is 29.2 Å². The fraction of sp³-hybridized carbons (Fsp3) is 0.567. The van der Waals surface area contributed by atoms with E-state index in [4.69, 9.17) is 14.5 Å². The topological polar surface area (TPSA) is 101 Å². The van der Waals surface area contributed by atoms with E-state index in [1.165, 1.54) is 0 Å². The number of likely N-dealkylation sites (N-methyl/N-ethyl adjacent to an activating group) is 1. The van der Waals surface area contributed by atoms with Crippen LogP contribution in [0.25, 0.3) is 22.4 Å². The minimum Gasteiger partial charge on any atom is -0.459 e. The quantitative estimate of drug-likeness (QED) is 0.400. The molecule has 9 heteroatoms. The van der Waals surface area contributed by atoms with E-state index in [0.29, 0.717) is 37.6 Å². The fourth-order valence-electron chi connectivity index (χ4n) is 4.95. The number of hydrogen-bond acceptors (Lipinski definition) is 7. The molecule has 9 nitrogen and oxygen atoms in total. The van der Waals surface area contributed by atoms with E-state index in [2.05, 4.69) is 58.9 Å². The number of carbonyl (C=O) groups excluding carboxylic acids is 1. The summed E-state index contributed by atoms with van der Waals surface area (Å²) >= 11 is 0. The minimum atomic E-state index is -0.535. The van der Waals surface area contributed by atoms with Crippen LogP contribution < -0.4 is 10.9 Å². The number of carbonyl (C=O) groups is 1. The molecule has 0 spiro atoms. The highest BCUT2D eigenvalue weighted by Gasteiger charge is 2.26. The number of hydrogen-bond donors (Lipinski definition) is 2. The number of pyridine rings is 1. The van der Waals surface area contributed by atoms with Gasteiger partial charge in [0.05, 0.1) is 30.3 Å². The maximum atomic E-state index is 12.9. The summed E-state index contributed by atoms with van der Waals surface area (Å²) in [5.41, 5.74) is 3.75. The van der Waals surface area contributed by atoms with Crippen molar-refractivity contribution in [1.29, 1.82) is 0 Å². The Bertz CT molecular complexity index is 1350. The molecule has 1 aliphatic rings. The van der Waals surface area contributed by atoms with Crippen molar-refractivity contribution in [1.82, 2.24) is 24.8 Å². The maximum Gasteiger partial charge on any atom is 0.323 e. The molecule has 1 aromatic carbocycles. The molecule has 2 atom stereocenters. The molecule has 2 unspecified atom stereocenters. The molecule has 1 fully saturated rings. The lowest BCUT2D eigenvalue weighted by Crippen LogP contribution is -2.42. The van der Waals surface area contributed by atoms with Crippen molar-refractivity contribution in [3.63, 3.8) is 0 Å². The predicted molar refractivity (Wildman–Crippen MR) is 154 cm³/mol. The third-order valence-corrected chi connectivity index (χ3v) is 6.84. The zero-order valence-corrected chi connectivity index (χ0v) is 24.3. The summed E-state index contributed by atoms with van der Waals surface area (Å²) in [6.07, 6.45) is 2.45. The van der Waals surface area contributed by atoms with Gasteiger partial charge in [-0.1, -0.05) is 19.9 Å². The van der Waals surface area contributed by atoms with Crippen molar-refractivity contribution in [2.45, 2.75) is 78.8 Å². The highest BCUT2D eigenvalue weighted by Crippen LogP contribution is 2.27. The first kappa shape index (κ1) is 29.0. The molecule has 0 radical (unpaired) electrons. The van der Waals surface area contributed by atoms with Crippen LogP contribution in [-0.4, -0.2) is 69.9 Å². The molecule has 0 saturated carbocycles. The van der Waals surface area contributed by atoms with Gasteiger partial charge in [0.25, 0.3) is 5.56 Å². The molecule has 212 valence electrons. The lowest BCUT2D eigenvalue weighted by Gasteiger charge is -2.30. The summed E-state index contributed by atoms with van der Waals surface area (Å²) in [6.45, 7) is 15.3. The molecule has 3 heterocycles. The van der Waals surface area contributed by atoms with E-state index < -0.39 is 11.6 Å². The molecule has 1 saturated heterocycles. The normalized spacial score (nSPS) is 17.6. The smallest absolute Gasteiger partial charge is 0.323 e. The first-order valence-corrected chi connectivity index (χ1v) is 13.8. The number of aryl methyl sites for hydroxylation is 1. The SMILES string of the molecule is Cc1cc(-c2nc3cc(CNC(CC(C)C)C(=O)OC(C)(C)C)ccc3n2CC2CN(C)CCO2)c[nH]c1=O. The van der Waals surface area contributed by atoms with E-state index in [-0.39, 0.29) is 17.6 Å². The second-order valence-corrected chi connectivity index (χ2v) is 12.1. The Hall–Kier alpha value is -3.01. The van der Waals surface area contributed by atoms with E-state index >= 15 is 0 Å². The number of H-pyrrole nitrogens is 1. The molecular formula is C30H43N5O4. The predicted octanol–water partition coefficient (Wildman–Crippen LogP) is 3.88. The van der Waals surface area contributed by atoms with Crippen LogP contribution in [0.15, 0.2) is 35.3 Å². The second kappa shape index (κ2) is 12.0. The van der Waals surface area contributed by atoms with Crippen molar-refractivity contribution in [2.75, 3.05) is 26.7 Å². The van der Waals surface area contributed by atoms with E-state index in [9.17, 15) is 9.59 Å². The Morgan fingerprint density at radius 3 is 2.72 bits per heavy atom. The lowest BCUT2D eigenvalue weighted by atomic mass is 10.0. The summed E-state index contributed by atoms with van der Waals surface area (Å²) in [7, 11) is 2.11. The fourth-order valence-corrected chi connectivity index (χ4v) is 4.95. The summed E-state index contributed by atoms with van der Waals surface area (Å²) < 4.78 is 13.9. The van der Waals surface area contributed by atoms with E-state index in [1.54, 1.807) is 13.1 Å². The summed E-state index contributed by atoms with van der Waals surface area (Å²) in [4.78, 5) is 35.0. The first-order valence-electron chi connectivity index (χ1n) is 13.8. The number of imidazole rings is 1. The molecule has 4 rings (SSSR count). The van der Waals surface area contributed by atoms with Crippen LogP contribution in [0, 0.1) is 12.8 Å². The van der Waals surface area contributed by atoms with Crippen LogP contribution in [0.1, 0.15) is 52.2 Å². The number of rotatable bonds is 9. The Labute approximate surface area is 230 Å². The molecule has 0 aliphatic carbocycles. The van der Waals surface area contributed by atoms with Gasteiger partial charge in [0.1, 0.15) is 17.5 Å². The molecule has 1 aliphatic heterocycles. The zero-order chi connectivity index (χ0) is 28.3. The molecule has 2 N–H and O–H groups in total. The number of nitrogens with one attached hydrogen (secondary N) is 2. The number of esters is 1. The molecule has 39 heavy (non-hydrogen) atoms.